The van der Waals surface area contributed by atoms with Crippen LogP contribution in [0.15, 0.2) is 59.8 Å². The highest BCUT2D eigenvalue weighted by atomic mass is 35.5. The molecule has 1 heterocycles. The molecule has 0 saturated heterocycles. The third kappa shape index (κ3) is 4.21. The van der Waals surface area contributed by atoms with E-state index in [2.05, 4.69) is 5.18 Å². The zero-order valence-corrected chi connectivity index (χ0v) is 18.3. The van der Waals surface area contributed by atoms with Crippen LogP contribution in [0.1, 0.15) is 32.3 Å². The highest BCUT2D eigenvalue weighted by molar-refractivity contribution is 6.19. The summed E-state index contributed by atoms with van der Waals surface area (Å²) in [4.78, 5) is 25.3. The predicted octanol–water partition coefficient (Wildman–Crippen LogP) is 7.11. The van der Waals surface area contributed by atoms with Crippen molar-refractivity contribution in [3.63, 3.8) is 0 Å². The average molecular weight is 439 g/mol. The molecule has 0 N–H and O–H groups in total. The molecule has 7 heteroatoms. The topological polar surface area (TPSA) is 68.2 Å². The van der Waals surface area contributed by atoms with Gasteiger partial charge >= 0.3 is 6.09 Å². The van der Waals surface area contributed by atoms with Crippen molar-refractivity contribution in [3.8, 4) is 11.5 Å². The van der Waals surface area contributed by atoms with E-state index in [1.165, 1.54) is 0 Å². The number of ether oxygens (including phenoxy) is 2. The molecule has 0 aromatic heterocycles. The molecular formula is C24H23ClN2O4. The highest BCUT2D eigenvalue weighted by Gasteiger charge is 2.36. The van der Waals surface area contributed by atoms with Gasteiger partial charge in [0, 0.05) is 29.8 Å². The van der Waals surface area contributed by atoms with E-state index in [4.69, 9.17) is 21.1 Å². The van der Waals surface area contributed by atoms with Crippen LogP contribution in [0.25, 0.3) is 10.8 Å². The fourth-order valence-corrected chi connectivity index (χ4v) is 4.07. The Bertz CT molecular complexity index is 1140. The fourth-order valence-electron chi connectivity index (χ4n) is 3.82. The molecule has 4 rings (SSSR count). The van der Waals surface area contributed by atoms with Crippen LogP contribution in [0.4, 0.5) is 16.2 Å². The lowest BCUT2D eigenvalue weighted by atomic mass is 9.95. The van der Waals surface area contributed by atoms with Gasteiger partial charge in [-0.1, -0.05) is 24.3 Å². The average Bonchev–Trinajstić information content (AvgIpc) is 3.12. The molecule has 0 saturated carbocycles. The number of amides is 1. The quantitative estimate of drug-likeness (QED) is 0.321. The molecule has 6 nitrogen and oxygen atoms in total. The maximum Gasteiger partial charge on any atom is 0.414 e. The largest absolute Gasteiger partial charge is 0.457 e. The SMILES string of the molecule is CC(C)(C)OC(=O)N1CC(CCl)c2c1cc(Oc1ccc(N=O)cc1)c1ccccc21. The molecule has 0 radical (unpaired) electrons. The summed E-state index contributed by atoms with van der Waals surface area (Å²) in [7, 11) is 0. The minimum absolute atomic E-state index is 0.0129. The molecular weight excluding hydrogens is 416 g/mol. The van der Waals surface area contributed by atoms with Crippen LogP contribution in [0.3, 0.4) is 0 Å². The lowest BCUT2D eigenvalue weighted by Gasteiger charge is -2.25. The van der Waals surface area contributed by atoms with Crippen LogP contribution in [0, 0.1) is 4.91 Å². The third-order valence-electron chi connectivity index (χ3n) is 5.10. The molecule has 0 aliphatic carbocycles. The van der Waals surface area contributed by atoms with E-state index in [1.54, 1.807) is 29.2 Å². The Balaban J connectivity index is 1.82. The summed E-state index contributed by atoms with van der Waals surface area (Å²) in [5.41, 5.74) is 1.47. The number of hydrogen-bond acceptors (Lipinski definition) is 5. The van der Waals surface area contributed by atoms with Gasteiger partial charge < -0.3 is 9.47 Å². The molecule has 0 bridgehead atoms. The van der Waals surface area contributed by atoms with Crippen LogP contribution < -0.4 is 9.64 Å². The second-order valence-electron chi connectivity index (χ2n) is 8.48. The van der Waals surface area contributed by atoms with Gasteiger partial charge in [0.2, 0.25) is 0 Å². The van der Waals surface area contributed by atoms with Crippen molar-refractivity contribution >= 4 is 39.8 Å². The van der Waals surface area contributed by atoms with E-state index in [9.17, 15) is 9.70 Å². The maximum atomic E-state index is 12.9. The Morgan fingerprint density at radius 2 is 1.81 bits per heavy atom. The van der Waals surface area contributed by atoms with E-state index in [0.717, 1.165) is 22.0 Å². The number of hydrogen-bond donors (Lipinski definition) is 0. The summed E-state index contributed by atoms with van der Waals surface area (Å²) < 4.78 is 11.8. The van der Waals surface area contributed by atoms with Gasteiger partial charge in [0.05, 0.1) is 5.69 Å². The number of anilines is 1. The van der Waals surface area contributed by atoms with Crippen molar-refractivity contribution in [1.29, 1.82) is 0 Å². The Labute approximate surface area is 185 Å². The van der Waals surface area contributed by atoms with Gasteiger partial charge in [-0.2, -0.15) is 0 Å². The van der Waals surface area contributed by atoms with E-state index in [1.807, 2.05) is 51.1 Å². The molecule has 160 valence electrons. The van der Waals surface area contributed by atoms with Crippen LogP contribution >= 0.6 is 11.6 Å². The van der Waals surface area contributed by atoms with Gasteiger partial charge in [-0.05, 0) is 61.2 Å². The molecule has 1 amide bonds. The van der Waals surface area contributed by atoms with Crippen molar-refractivity contribution in [2.24, 2.45) is 5.18 Å². The molecule has 1 unspecified atom stereocenters. The third-order valence-corrected chi connectivity index (χ3v) is 5.47. The first kappa shape index (κ1) is 21.1. The van der Waals surface area contributed by atoms with Gasteiger partial charge in [-0.3, -0.25) is 4.90 Å². The minimum atomic E-state index is -0.610. The van der Waals surface area contributed by atoms with Gasteiger partial charge in [0.15, 0.2) is 0 Å². The van der Waals surface area contributed by atoms with Crippen molar-refractivity contribution < 1.29 is 14.3 Å². The number of rotatable bonds is 4. The Hall–Kier alpha value is -3.12. The Morgan fingerprint density at radius 3 is 2.42 bits per heavy atom. The molecule has 0 spiro atoms. The number of halogens is 1. The van der Waals surface area contributed by atoms with Crippen LogP contribution in [-0.2, 0) is 4.74 Å². The molecule has 3 aromatic carbocycles. The number of nitroso groups, excluding NO2 is 1. The van der Waals surface area contributed by atoms with Crippen LogP contribution in [-0.4, -0.2) is 24.1 Å². The lowest BCUT2D eigenvalue weighted by molar-refractivity contribution is 0.0582. The monoisotopic (exact) mass is 438 g/mol. The first-order valence-corrected chi connectivity index (χ1v) is 10.6. The first-order chi connectivity index (χ1) is 14.8. The molecule has 3 aromatic rings. The number of fused-ring (bicyclic) bond motifs is 3. The minimum Gasteiger partial charge on any atom is -0.457 e. The number of alkyl halides is 1. The number of carbonyl (C=O) groups is 1. The maximum absolute atomic E-state index is 12.9. The number of carbonyl (C=O) groups excluding carboxylic acids is 1. The first-order valence-electron chi connectivity index (χ1n) is 10.0. The highest BCUT2D eigenvalue weighted by Crippen LogP contribution is 2.46. The summed E-state index contributed by atoms with van der Waals surface area (Å²) in [5, 5.41) is 4.82. The second-order valence-corrected chi connectivity index (χ2v) is 8.79. The van der Waals surface area contributed by atoms with Crippen LogP contribution in [0.2, 0.25) is 0 Å². The molecule has 0 fully saturated rings. The van der Waals surface area contributed by atoms with E-state index in [-0.39, 0.29) is 5.92 Å². The molecule has 1 aliphatic heterocycles. The smallest absolute Gasteiger partial charge is 0.414 e. The molecule has 1 aliphatic rings. The Kier molecular flexibility index (Phi) is 5.58. The fraction of sp³-hybridized carbons (Fsp3) is 0.292. The normalized spacial score (nSPS) is 15.6. The zero-order chi connectivity index (χ0) is 22.2. The van der Waals surface area contributed by atoms with Crippen molar-refractivity contribution in [3.05, 3.63) is 65.1 Å². The number of benzene rings is 3. The lowest BCUT2D eigenvalue weighted by Crippen LogP contribution is -2.36. The van der Waals surface area contributed by atoms with E-state index in [0.29, 0.717) is 29.6 Å². The van der Waals surface area contributed by atoms with Crippen molar-refractivity contribution in [1.82, 2.24) is 0 Å². The second kappa shape index (κ2) is 8.19. The van der Waals surface area contributed by atoms with Crippen LogP contribution in [0.5, 0.6) is 11.5 Å². The summed E-state index contributed by atoms with van der Waals surface area (Å²) in [6.07, 6.45) is -0.413. The van der Waals surface area contributed by atoms with Gasteiger partial charge in [0.1, 0.15) is 22.8 Å². The predicted molar refractivity (Wildman–Crippen MR) is 123 cm³/mol. The van der Waals surface area contributed by atoms with Gasteiger partial charge in [-0.15, -0.1) is 16.5 Å². The van der Waals surface area contributed by atoms with Crippen molar-refractivity contribution in [2.75, 3.05) is 17.3 Å². The molecule has 31 heavy (non-hydrogen) atoms. The van der Waals surface area contributed by atoms with Gasteiger partial charge in [0.25, 0.3) is 0 Å². The molecule has 1 atom stereocenters. The summed E-state index contributed by atoms with van der Waals surface area (Å²) in [6, 6.07) is 16.3. The zero-order valence-electron chi connectivity index (χ0n) is 17.6. The van der Waals surface area contributed by atoms with Gasteiger partial charge in [-0.25, -0.2) is 4.79 Å². The van der Waals surface area contributed by atoms with E-state index >= 15 is 0 Å². The Morgan fingerprint density at radius 1 is 1.13 bits per heavy atom. The van der Waals surface area contributed by atoms with Crippen molar-refractivity contribution in [2.45, 2.75) is 32.3 Å². The number of nitrogens with zero attached hydrogens (tertiary/aromatic N) is 2. The summed E-state index contributed by atoms with van der Waals surface area (Å²) in [5.74, 6) is 1.54. The summed E-state index contributed by atoms with van der Waals surface area (Å²) >= 11 is 6.29. The standard InChI is InChI=1S/C24H23ClN2O4/c1-24(2,3)31-23(28)27-14-15(13-25)22-19-7-5-4-6-18(19)21(12-20(22)27)30-17-10-8-16(26-29)9-11-17/h4-12,15H,13-14H2,1-3H3. The van der Waals surface area contributed by atoms with E-state index < -0.39 is 11.7 Å². The summed E-state index contributed by atoms with van der Waals surface area (Å²) in [6.45, 7) is 5.97.